The Balaban J connectivity index is 1.64. The van der Waals surface area contributed by atoms with Crippen LogP contribution in [0.3, 0.4) is 0 Å². The van der Waals surface area contributed by atoms with Crippen LogP contribution in [-0.2, 0) is 24.9 Å². The third kappa shape index (κ3) is 10.2. The molecular weight excluding hydrogens is 447 g/mol. The van der Waals surface area contributed by atoms with Crippen LogP contribution < -0.4 is 0 Å². The lowest BCUT2D eigenvalue weighted by atomic mass is 9.80. The Morgan fingerprint density at radius 3 is 1.71 bits per heavy atom. The Labute approximate surface area is 205 Å². The van der Waals surface area contributed by atoms with Crippen molar-refractivity contribution >= 4 is 13.6 Å². The molecule has 2 N–H and O–H groups in total. The zero-order valence-electron chi connectivity index (χ0n) is 20.9. The quantitative estimate of drug-likeness (QED) is 0.189. The van der Waals surface area contributed by atoms with E-state index >= 15 is 0 Å². The van der Waals surface area contributed by atoms with Gasteiger partial charge >= 0.3 is 7.82 Å². The Hall–Kier alpha value is -1.78. The second-order valence-corrected chi connectivity index (χ2v) is 11.3. The van der Waals surface area contributed by atoms with E-state index < -0.39 is 13.4 Å². The molecule has 0 spiro atoms. The highest BCUT2D eigenvalue weighted by molar-refractivity contribution is 7.46. The van der Waals surface area contributed by atoms with Crippen LogP contribution in [0.5, 0.6) is 0 Å². The number of hydrogen-bond donors (Lipinski definition) is 2. The van der Waals surface area contributed by atoms with Gasteiger partial charge in [0.1, 0.15) is 11.4 Å². The second-order valence-electron chi connectivity index (χ2n) is 10.1. The van der Waals surface area contributed by atoms with Crippen molar-refractivity contribution in [3.63, 3.8) is 0 Å². The number of hydrogen-bond acceptors (Lipinski definition) is 3. The third-order valence-electron chi connectivity index (χ3n) is 6.63. The molecule has 0 fully saturated rings. The summed E-state index contributed by atoms with van der Waals surface area (Å²) in [6, 6.07) is 19.7. The molecule has 0 aliphatic carbocycles. The molecule has 0 saturated heterocycles. The van der Waals surface area contributed by atoms with Gasteiger partial charge in [-0.2, -0.15) is 0 Å². The van der Waals surface area contributed by atoms with E-state index in [-0.39, 0.29) is 5.41 Å². The summed E-state index contributed by atoms with van der Waals surface area (Å²) in [5.41, 5.74) is 1.20. The van der Waals surface area contributed by atoms with Gasteiger partial charge in [0, 0.05) is 12.8 Å². The van der Waals surface area contributed by atoms with Crippen molar-refractivity contribution in [3.05, 3.63) is 71.8 Å². The van der Waals surface area contributed by atoms with Gasteiger partial charge in [0.25, 0.3) is 0 Å². The fraction of sp³-hybridized carbons (Fsp3) is 0.536. The molecule has 2 rings (SSSR count). The average molecular weight is 489 g/mol. The number of benzene rings is 2. The van der Waals surface area contributed by atoms with Gasteiger partial charge in [0.05, 0.1) is 0 Å². The minimum atomic E-state index is -4.62. The highest BCUT2D eigenvalue weighted by atomic mass is 31.2. The molecule has 0 heterocycles. The number of carbonyl (C=O) groups is 1. The summed E-state index contributed by atoms with van der Waals surface area (Å²) < 4.78 is 16.7. The van der Waals surface area contributed by atoms with Crippen molar-refractivity contribution in [2.45, 2.75) is 96.0 Å². The minimum absolute atomic E-state index is 0.156. The van der Waals surface area contributed by atoms with E-state index in [2.05, 4.69) is 38.1 Å². The first-order chi connectivity index (χ1) is 16.0. The molecule has 1 atom stereocenters. The molecule has 0 saturated carbocycles. The SMILES string of the molecule is CC(C)(CCCCCC(=O)CCCCCC(C)(OP(=O)(O)O)c1ccccc1)c1ccccc1. The molecule has 5 nitrogen and oxygen atoms in total. The maximum Gasteiger partial charge on any atom is 0.470 e. The molecule has 0 aliphatic rings. The number of phosphoric acid groups is 1. The molecule has 2 aromatic rings. The Bertz CT molecular complexity index is 907. The summed E-state index contributed by atoms with van der Waals surface area (Å²) in [5.74, 6) is 0.305. The van der Waals surface area contributed by atoms with Gasteiger partial charge in [-0.15, -0.1) is 0 Å². The largest absolute Gasteiger partial charge is 0.470 e. The third-order valence-corrected chi connectivity index (χ3v) is 7.27. The smallest absolute Gasteiger partial charge is 0.303 e. The van der Waals surface area contributed by atoms with Gasteiger partial charge in [-0.1, -0.05) is 100 Å². The predicted octanol–water partition coefficient (Wildman–Crippen LogP) is 7.46. The molecule has 2 aromatic carbocycles. The monoisotopic (exact) mass is 488 g/mol. The first-order valence-corrected chi connectivity index (χ1v) is 13.9. The zero-order chi connectivity index (χ0) is 25.1. The van der Waals surface area contributed by atoms with Gasteiger partial charge in [-0.3, -0.25) is 9.32 Å². The van der Waals surface area contributed by atoms with Gasteiger partial charge in [-0.25, -0.2) is 4.57 Å². The molecule has 0 aromatic heterocycles. The van der Waals surface area contributed by atoms with Gasteiger partial charge in [-0.05, 0) is 49.1 Å². The number of rotatable bonds is 16. The Morgan fingerprint density at radius 2 is 1.21 bits per heavy atom. The van der Waals surface area contributed by atoms with E-state index in [1.807, 2.05) is 36.4 Å². The van der Waals surface area contributed by atoms with E-state index in [0.717, 1.165) is 50.5 Å². The number of unbranched alkanes of at least 4 members (excludes halogenated alkanes) is 4. The lowest BCUT2D eigenvalue weighted by Gasteiger charge is -2.30. The molecular formula is C28H41O5P. The average Bonchev–Trinajstić information content (AvgIpc) is 2.78. The summed E-state index contributed by atoms with van der Waals surface area (Å²) >= 11 is 0. The summed E-state index contributed by atoms with van der Waals surface area (Å²) in [7, 11) is -4.62. The van der Waals surface area contributed by atoms with Gasteiger partial charge < -0.3 is 9.79 Å². The molecule has 0 radical (unpaired) electrons. The summed E-state index contributed by atoms with van der Waals surface area (Å²) in [6.07, 6.45) is 8.26. The van der Waals surface area contributed by atoms with Gasteiger partial charge in [0.15, 0.2) is 0 Å². The van der Waals surface area contributed by atoms with Crippen LogP contribution >= 0.6 is 7.82 Å². The van der Waals surface area contributed by atoms with Crippen LogP contribution in [0.1, 0.15) is 96.1 Å². The normalized spacial score (nSPS) is 14.0. The van der Waals surface area contributed by atoms with E-state index in [0.29, 0.717) is 25.0 Å². The fourth-order valence-electron chi connectivity index (χ4n) is 4.48. The van der Waals surface area contributed by atoms with Crippen molar-refractivity contribution in [3.8, 4) is 0 Å². The molecule has 0 bridgehead atoms. The molecule has 188 valence electrons. The first kappa shape index (κ1) is 28.5. The molecule has 6 heteroatoms. The summed E-state index contributed by atoms with van der Waals surface area (Å²) in [4.78, 5) is 31.0. The lowest BCUT2D eigenvalue weighted by Crippen LogP contribution is -2.24. The van der Waals surface area contributed by atoms with E-state index in [4.69, 9.17) is 4.52 Å². The maximum atomic E-state index is 12.3. The van der Waals surface area contributed by atoms with E-state index in [9.17, 15) is 19.1 Å². The molecule has 1 unspecified atom stereocenters. The van der Waals surface area contributed by atoms with Crippen molar-refractivity contribution in [2.75, 3.05) is 0 Å². The lowest BCUT2D eigenvalue weighted by molar-refractivity contribution is -0.119. The van der Waals surface area contributed by atoms with Crippen molar-refractivity contribution in [1.82, 2.24) is 0 Å². The van der Waals surface area contributed by atoms with Crippen molar-refractivity contribution < 1.29 is 23.7 Å². The Morgan fingerprint density at radius 1 is 0.735 bits per heavy atom. The number of phosphoric ester groups is 1. The van der Waals surface area contributed by atoms with Crippen LogP contribution in [0.4, 0.5) is 0 Å². The first-order valence-electron chi connectivity index (χ1n) is 12.4. The van der Waals surface area contributed by atoms with E-state index in [1.54, 1.807) is 6.92 Å². The molecule has 34 heavy (non-hydrogen) atoms. The van der Waals surface area contributed by atoms with E-state index in [1.165, 1.54) is 5.56 Å². The topological polar surface area (TPSA) is 83.8 Å². The van der Waals surface area contributed by atoms with Crippen LogP contribution in [-0.4, -0.2) is 15.6 Å². The standard InChI is InChI=1S/C28H41O5P/c1-27(2,24-16-8-4-9-17-24)22-14-6-12-20-26(29)21-13-7-15-23-28(3,33-34(30,31)32)25-18-10-5-11-19-25/h4-5,8-11,16-19H,6-7,12-15,20-23H2,1-3H3,(H2,30,31,32). The highest BCUT2D eigenvalue weighted by Crippen LogP contribution is 2.47. The van der Waals surface area contributed by atoms with Crippen LogP contribution in [0.2, 0.25) is 0 Å². The molecule has 0 aliphatic heterocycles. The van der Waals surface area contributed by atoms with Gasteiger partial charge in [0.2, 0.25) is 0 Å². The van der Waals surface area contributed by atoms with Crippen LogP contribution in [0, 0.1) is 0 Å². The van der Waals surface area contributed by atoms with Crippen LogP contribution in [0.25, 0.3) is 0 Å². The zero-order valence-corrected chi connectivity index (χ0v) is 21.8. The number of carbonyl (C=O) groups excluding carboxylic acids is 1. The highest BCUT2D eigenvalue weighted by Gasteiger charge is 2.34. The fourth-order valence-corrected chi connectivity index (χ4v) is 5.20. The Kier molecular flexibility index (Phi) is 11.2. The minimum Gasteiger partial charge on any atom is -0.303 e. The summed E-state index contributed by atoms with van der Waals surface area (Å²) in [6.45, 7) is 6.27. The number of Topliss-reactive ketones (excluding diaryl/α,β-unsaturated/α-hetero) is 1. The van der Waals surface area contributed by atoms with Crippen molar-refractivity contribution in [2.24, 2.45) is 0 Å². The van der Waals surface area contributed by atoms with Crippen LogP contribution in [0.15, 0.2) is 60.7 Å². The maximum absolute atomic E-state index is 12.3. The molecule has 0 amide bonds. The number of ketones is 1. The predicted molar refractivity (Wildman–Crippen MR) is 138 cm³/mol. The summed E-state index contributed by atoms with van der Waals surface area (Å²) in [5, 5.41) is 0. The second kappa shape index (κ2) is 13.3. The van der Waals surface area contributed by atoms with Crippen molar-refractivity contribution in [1.29, 1.82) is 0 Å².